The molecule has 0 radical (unpaired) electrons. The van der Waals surface area contributed by atoms with Crippen molar-refractivity contribution >= 4 is 47.4 Å². The minimum Gasteiger partial charge on any atom is -0.319 e. The fraction of sp³-hybridized carbons (Fsp3) is 0.350. The lowest BCUT2D eigenvalue weighted by Crippen LogP contribution is -2.25. The predicted octanol–water partition coefficient (Wildman–Crippen LogP) is 3.02. The Kier molecular flexibility index (Phi) is 6.21. The number of anilines is 1. The fourth-order valence-corrected chi connectivity index (χ4v) is 3.87. The third kappa shape index (κ3) is 3.71. The number of aryl methyl sites for hydroxylation is 1. The summed E-state index contributed by atoms with van der Waals surface area (Å²) in [5.41, 5.74) is 2.76. The second kappa shape index (κ2) is 8.37. The maximum Gasteiger partial charge on any atom is 0.274 e. The molecule has 1 fully saturated rings. The highest BCUT2D eigenvalue weighted by Crippen LogP contribution is 2.40. The average Bonchev–Trinajstić information content (AvgIpc) is 3.50. The summed E-state index contributed by atoms with van der Waals surface area (Å²) in [6.07, 6.45) is 2.62. The van der Waals surface area contributed by atoms with Crippen LogP contribution < -0.4 is 16.2 Å². The van der Waals surface area contributed by atoms with Crippen molar-refractivity contribution < 1.29 is 9.18 Å². The number of hydrogen-bond acceptors (Lipinski definition) is 4. The Morgan fingerprint density at radius 2 is 2.07 bits per heavy atom. The van der Waals surface area contributed by atoms with E-state index in [4.69, 9.17) is 0 Å². The van der Waals surface area contributed by atoms with Crippen LogP contribution in [-0.2, 0) is 20.0 Å². The largest absolute Gasteiger partial charge is 0.319 e. The van der Waals surface area contributed by atoms with Crippen LogP contribution in [0.4, 0.5) is 10.1 Å². The molecule has 0 unspecified atom stereocenters. The molecule has 10 heteroatoms. The van der Waals surface area contributed by atoms with Gasteiger partial charge in [-0.2, -0.15) is 0 Å². The van der Waals surface area contributed by atoms with E-state index < -0.39 is 11.7 Å². The van der Waals surface area contributed by atoms with Crippen molar-refractivity contribution in [1.82, 2.24) is 20.1 Å². The molecule has 1 aliphatic heterocycles. The monoisotopic (exact) mass is 453 g/mol. The van der Waals surface area contributed by atoms with Gasteiger partial charge in [-0.15, -0.1) is 24.8 Å². The molecule has 7 nitrogen and oxygen atoms in total. The number of H-pyrrole nitrogens is 1. The van der Waals surface area contributed by atoms with Gasteiger partial charge in [0.15, 0.2) is 5.65 Å². The molecule has 3 aromatic rings. The molecule has 1 saturated carbocycles. The summed E-state index contributed by atoms with van der Waals surface area (Å²) < 4.78 is 16.4. The minimum atomic E-state index is -0.501. The lowest BCUT2D eigenvalue weighted by atomic mass is 9.99. The van der Waals surface area contributed by atoms with Crippen LogP contribution in [0.2, 0.25) is 0 Å². The summed E-state index contributed by atoms with van der Waals surface area (Å²) in [7, 11) is 1.69. The number of hydrogen-bond donors (Lipinski definition) is 3. The molecule has 0 atom stereocenters. The SMILES string of the molecule is Cl.Cl.Cn1[nH]c(=O)c2c(C(=O)Nc3ccc4c(c3F)CCNC4)cc(C3CC3)nc21. The van der Waals surface area contributed by atoms with Crippen LogP contribution in [0.25, 0.3) is 11.0 Å². The van der Waals surface area contributed by atoms with Gasteiger partial charge >= 0.3 is 0 Å². The lowest BCUT2D eigenvalue weighted by Gasteiger charge is -2.19. The number of pyridine rings is 1. The van der Waals surface area contributed by atoms with Crippen molar-refractivity contribution in [3.05, 3.63) is 56.8 Å². The molecule has 2 aliphatic rings. The van der Waals surface area contributed by atoms with Gasteiger partial charge in [-0.25, -0.2) is 9.37 Å². The van der Waals surface area contributed by atoms with Gasteiger partial charge in [-0.05, 0) is 49.1 Å². The third-order valence-corrected chi connectivity index (χ3v) is 5.53. The van der Waals surface area contributed by atoms with E-state index in [0.29, 0.717) is 36.6 Å². The predicted molar refractivity (Wildman–Crippen MR) is 118 cm³/mol. The number of carbonyl (C=O) groups is 1. The molecule has 5 rings (SSSR count). The molecule has 160 valence electrons. The molecular weight excluding hydrogens is 432 g/mol. The highest BCUT2D eigenvalue weighted by atomic mass is 35.5. The second-order valence-corrected chi connectivity index (χ2v) is 7.51. The lowest BCUT2D eigenvalue weighted by molar-refractivity contribution is 0.102. The van der Waals surface area contributed by atoms with Crippen molar-refractivity contribution in [3.63, 3.8) is 0 Å². The number of nitrogens with one attached hydrogen (secondary N) is 3. The zero-order valence-corrected chi connectivity index (χ0v) is 17.9. The fourth-order valence-electron chi connectivity index (χ4n) is 3.87. The number of aromatic nitrogens is 3. The van der Waals surface area contributed by atoms with E-state index in [2.05, 4.69) is 20.7 Å². The highest BCUT2D eigenvalue weighted by molar-refractivity contribution is 6.12. The molecule has 3 heterocycles. The summed E-state index contributed by atoms with van der Waals surface area (Å²) in [6.45, 7) is 1.33. The van der Waals surface area contributed by atoms with E-state index in [0.717, 1.165) is 24.1 Å². The van der Waals surface area contributed by atoms with Gasteiger partial charge in [-0.3, -0.25) is 19.4 Å². The molecule has 0 bridgehead atoms. The number of nitrogens with zero attached hydrogens (tertiary/aromatic N) is 2. The van der Waals surface area contributed by atoms with Crippen LogP contribution in [0.1, 0.15) is 45.9 Å². The topological polar surface area (TPSA) is 91.8 Å². The Hall–Kier alpha value is -2.42. The zero-order chi connectivity index (χ0) is 19.4. The molecular formula is C20H22Cl2FN5O2. The molecule has 30 heavy (non-hydrogen) atoms. The van der Waals surface area contributed by atoms with Crippen molar-refractivity contribution in [1.29, 1.82) is 0 Å². The van der Waals surface area contributed by atoms with Crippen molar-refractivity contribution in [2.24, 2.45) is 7.05 Å². The summed E-state index contributed by atoms with van der Waals surface area (Å²) in [5.74, 6) is -0.588. The number of rotatable bonds is 3. The van der Waals surface area contributed by atoms with Crippen molar-refractivity contribution in [2.45, 2.75) is 31.7 Å². The van der Waals surface area contributed by atoms with Crippen LogP contribution in [0, 0.1) is 5.82 Å². The van der Waals surface area contributed by atoms with Gasteiger partial charge in [0.1, 0.15) is 5.82 Å². The van der Waals surface area contributed by atoms with Crippen molar-refractivity contribution in [3.8, 4) is 0 Å². The normalized spacial score (nSPS) is 15.1. The number of halogens is 3. The third-order valence-electron chi connectivity index (χ3n) is 5.53. The molecule has 0 spiro atoms. The summed E-state index contributed by atoms with van der Waals surface area (Å²) in [6, 6.07) is 5.08. The first-order chi connectivity index (χ1) is 13.5. The van der Waals surface area contributed by atoms with Gasteiger partial charge in [0.25, 0.3) is 11.5 Å². The number of fused-ring (bicyclic) bond motifs is 2. The Labute approximate surface area is 184 Å². The van der Waals surface area contributed by atoms with Gasteiger partial charge in [0, 0.05) is 25.2 Å². The maximum atomic E-state index is 14.9. The van der Waals surface area contributed by atoms with E-state index in [-0.39, 0.29) is 47.0 Å². The number of benzene rings is 1. The molecule has 0 saturated heterocycles. The van der Waals surface area contributed by atoms with Crippen LogP contribution in [0.5, 0.6) is 0 Å². The second-order valence-electron chi connectivity index (χ2n) is 7.51. The number of aromatic amines is 1. The van der Waals surface area contributed by atoms with E-state index >= 15 is 0 Å². The van der Waals surface area contributed by atoms with Crippen LogP contribution in [0.15, 0.2) is 23.0 Å². The Morgan fingerprint density at radius 1 is 1.30 bits per heavy atom. The maximum absolute atomic E-state index is 14.9. The standard InChI is InChI=1S/C20H20FN5O2.2ClH/c1-26-18-16(20(28)25-26)13(8-15(23-18)10-2-3-10)19(27)24-14-5-4-11-9-22-7-6-12(11)17(14)21;;/h4-5,8,10,22H,2-3,6-7,9H2,1H3,(H,24,27)(H,25,28);2*1H. The van der Waals surface area contributed by atoms with E-state index in [1.165, 1.54) is 4.68 Å². The average molecular weight is 454 g/mol. The Balaban J connectivity index is 0.00000128. The van der Waals surface area contributed by atoms with Crippen LogP contribution in [-0.4, -0.2) is 27.2 Å². The van der Waals surface area contributed by atoms with E-state index in [1.807, 2.05) is 6.07 Å². The van der Waals surface area contributed by atoms with Gasteiger partial charge in [-0.1, -0.05) is 6.07 Å². The highest BCUT2D eigenvalue weighted by Gasteiger charge is 2.29. The molecule has 2 aromatic heterocycles. The minimum absolute atomic E-state index is 0. The van der Waals surface area contributed by atoms with E-state index in [1.54, 1.807) is 19.2 Å². The molecule has 1 aliphatic carbocycles. The molecule has 1 amide bonds. The van der Waals surface area contributed by atoms with Crippen LogP contribution in [0.3, 0.4) is 0 Å². The molecule has 1 aromatic carbocycles. The summed E-state index contributed by atoms with van der Waals surface area (Å²) in [4.78, 5) is 29.9. The number of carbonyl (C=O) groups excluding carboxylic acids is 1. The smallest absolute Gasteiger partial charge is 0.274 e. The summed E-state index contributed by atoms with van der Waals surface area (Å²) in [5, 5.41) is 8.75. The first-order valence-electron chi connectivity index (χ1n) is 9.45. The Morgan fingerprint density at radius 3 is 2.80 bits per heavy atom. The van der Waals surface area contributed by atoms with Crippen molar-refractivity contribution in [2.75, 3.05) is 11.9 Å². The van der Waals surface area contributed by atoms with Crippen LogP contribution >= 0.6 is 24.8 Å². The van der Waals surface area contributed by atoms with Gasteiger partial charge in [0.05, 0.1) is 16.6 Å². The molecule has 3 N–H and O–H groups in total. The zero-order valence-electron chi connectivity index (χ0n) is 16.3. The quantitative estimate of drug-likeness (QED) is 0.568. The van der Waals surface area contributed by atoms with Gasteiger partial charge < -0.3 is 10.6 Å². The Bertz CT molecular complexity index is 1190. The first-order valence-corrected chi connectivity index (χ1v) is 9.45. The summed E-state index contributed by atoms with van der Waals surface area (Å²) >= 11 is 0. The van der Waals surface area contributed by atoms with Gasteiger partial charge in [0.2, 0.25) is 0 Å². The first kappa shape index (κ1) is 22.3. The van der Waals surface area contributed by atoms with E-state index in [9.17, 15) is 14.0 Å². The number of amides is 1.